The van der Waals surface area contributed by atoms with Crippen molar-refractivity contribution in [2.24, 2.45) is 0 Å². The van der Waals surface area contributed by atoms with Crippen LogP contribution in [0.4, 0.5) is 10.5 Å². The Kier molecular flexibility index (Phi) is 7.20. The van der Waals surface area contributed by atoms with Gasteiger partial charge in [0.05, 0.1) is 18.2 Å². The van der Waals surface area contributed by atoms with Gasteiger partial charge in [-0.15, -0.1) is 0 Å². The summed E-state index contributed by atoms with van der Waals surface area (Å²) in [5, 5.41) is 6.25. The molecule has 1 saturated heterocycles. The van der Waals surface area contributed by atoms with Crippen LogP contribution >= 0.6 is 11.6 Å². The maximum Gasteiger partial charge on any atom is 0.338 e. The van der Waals surface area contributed by atoms with Gasteiger partial charge in [-0.05, 0) is 49.2 Å². The second-order valence-electron chi connectivity index (χ2n) is 8.30. The number of carbonyl (C=O) groups excluding carboxylic acids is 2. The van der Waals surface area contributed by atoms with Crippen LogP contribution in [0.1, 0.15) is 24.1 Å². The van der Waals surface area contributed by atoms with E-state index in [9.17, 15) is 9.59 Å². The van der Waals surface area contributed by atoms with E-state index < -0.39 is 12.0 Å². The van der Waals surface area contributed by atoms with Gasteiger partial charge >= 0.3 is 12.0 Å². The van der Waals surface area contributed by atoms with E-state index in [1.165, 1.54) is 11.3 Å². The number of anilines is 1. The molecule has 0 saturated carbocycles. The highest BCUT2D eigenvalue weighted by Crippen LogP contribution is 2.30. The maximum atomic E-state index is 13.0. The van der Waals surface area contributed by atoms with E-state index in [2.05, 4.69) is 51.6 Å². The molecule has 0 aromatic heterocycles. The second kappa shape index (κ2) is 10.3. The lowest BCUT2D eigenvalue weighted by atomic mass is 9.95. The first-order valence-electron chi connectivity index (χ1n) is 11.2. The molecule has 2 aliphatic heterocycles. The zero-order valence-electron chi connectivity index (χ0n) is 18.9. The molecule has 0 radical (unpaired) electrons. The van der Waals surface area contributed by atoms with Crippen LogP contribution < -0.4 is 15.5 Å². The standard InChI is InChI=1S/C25H29ClN4O3/c1-3-33-24(31)22-21(27-25(32)28-23(22)18-7-5-8-19(26)15-18)16-29-10-12-30(13-11-29)20-9-4-6-17(2)14-20/h4-9,14-15,23H,3,10-13,16H2,1-2H3,(H2,27,28,32). The Balaban J connectivity index is 1.56. The number of urea groups is 1. The van der Waals surface area contributed by atoms with Crippen molar-refractivity contribution in [3.05, 3.63) is 76.0 Å². The number of hydrogen-bond donors (Lipinski definition) is 2. The maximum absolute atomic E-state index is 13.0. The second-order valence-corrected chi connectivity index (χ2v) is 8.74. The molecule has 2 aromatic carbocycles. The predicted octanol–water partition coefficient (Wildman–Crippen LogP) is 3.64. The number of rotatable bonds is 6. The molecule has 8 heteroatoms. The van der Waals surface area contributed by atoms with Crippen molar-refractivity contribution in [3.8, 4) is 0 Å². The van der Waals surface area contributed by atoms with Crippen molar-refractivity contribution in [2.45, 2.75) is 19.9 Å². The number of nitrogens with one attached hydrogen (secondary N) is 2. The number of ether oxygens (including phenoxy) is 1. The van der Waals surface area contributed by atoms with Gasteiger partial charge in [-0.1, -0.05) is 35.9 Å². The average molecular weight is 469 g/mol. The molecular weight excluding hydrogens is 440 g/mol. The molecule has 2 heterocycles. The number of amides is 2. The van der Waals surface area contributed by atoms with E-state index in [0.29, 0.717) is 22.8 Å². The highest BCUT2D eigenvalue weighted by molar-refractivity contribution is 6.30. The Morgan fingerprint density at radius 3 is 2.58 bits per heavy atom. The summed E-state index contributed by atoms with van der Waals surface area (Å²) in [6, 6.07) is 14.7. The van der Waals surface area contributed by atoms with E-state index in [0.717, 1.165) is 31.7 Å². The van der Waals surface area contributed by atoms with Crippen LogP contribution in [0, 0.1) is 6.92 Å². The summed E-state index contributed by atoms with van der Waals surface area (Å²) in [5.41, 5.74) is 4.19. The lowest BCUT2D eigenvalue weighted by molar-refractivity contribution is -0.139. The summed E-state index contributed by atoms with van der Waals surface area (Å²) in [5.74, 6) is -0.441. The minimum atomic E-state index is -0.625. The number of benzene rings is 2. The largest absolute Gasteiger partial charge is 0.463 e. The Bertz CT molecular complexity index is 1060. The third-order valence-corrected chi connectivity index (χ3v) is 6.19. The number of carbonyl (C=O) groups is 2. The van der Waals surface area contributed by atoms with E-state index in [4.69, 9.17) is 16.3 Å². The predicted molar refractivity (Wildman–Crippen MR) is 129 cm³/mol. The van der Waals surface area contributed by atoms with E-state index in [-0.39, 0.29) is 12.6 Å². The molecule has 1 atom stereocenters. The minimum Gasteiger partial charge on any atom is -0.463 e. The number of halogens is 1. The molecule has 0 bridgehead atoms. The highest BCUT2D eigenvalue weighted by Gasteiger charge is 2.34. The first-order chi connectivity index (χ1) is 15.9. The fraction of sp³-hybridized carbons (Fsp3) is 0.360. The van der Waals surface area contributed by atoms with Gasteiger partial charge in [-0.25, -0.2) is 9.59 Å². The fourth-order valence-corrected chi connectivity index (χ4v) is 4.54. The molecule has 4 rings (SSSR count). The van der Waals surface area contributed by atoms with E-state index in [1.807, 2.05) is 6.07 Å². The van der Waals surface area contributed by atoms with Crippen molar-refractivity contribution in [3.63, 3.8) is 0 Å². The quantitative estimate of drug-likeness (QED) is 0.633. The summed E-state index contributed by atoms with van der Waals surface area (Å²) in [7, 11) is 0. The lowest BCUT2D eigenvalue weighted by Crippen LogP contribution is -2.51. The van der Waals surface area contributed by atoms with Crippen LogP contribution in [0.3, 0.4) is 0 Å². The third-order valence-electron chi connectivity index (χ3n) is 5.95. The Morgan fingerprint density at radius 1 is 1.12 bits per heavy atom. The summed E-state index contributed by atoms with van der Waals surface area (Å²) >= 11 is 6.18. The van der Waals surface area contributed by atoms with Crippen LogP contribution in [-0.2, 0) is 9.53 Å². The first-order valence-corrected chi connectivity index (χ1v) is 11.6. The van der Waals surface area contributed by atoms with E-state index in [1.54, 1.807) is 25.1 Å². The summed E-state index contributed by atoms with van der Waals surface area (Å²) in [4.78, 5) is 30.1. The first kappa shape index (κ1) is 23.1. The van der Waals surface area contributed by atoms with Crippen LogP contribution in [-0.4, -0.2) is 56.2 Å². The SMILES string of the molecule is CCOC(=O)C1=C(CN2CCN(c3cccc(C)c3)CC2)NC(=O)NC1c1cccc(Cl)c1. The Hall–Kier alpha value is -3.03. The molecule has 33 heavy (non-hydrogen) atoms. The van der Waals surface area contributed by atoms with Crippen molar-refractivity contribution < 1.29 is 14.3 Å². The highest BCUT2D eigenvalue weighted by atomic mass is 35.5. The zero-order chi connectivity index (χ0) is 23.4. The van der Waals surface area contributed by atoms with Crippen molar-refractivity contribution in [1.82, 2.24) is 15.5 Å². The Labute approximate surface area is 199 Å². The van der Waals surface area contributed by atoms with Gasteiger partial charge in [-0.3, -0.25) is 4.90 Å². The molecular formula is C25H29ClN4O3. The van der Waals surface area contributed by atoms with Gasteiger partial charge in [-0.2, -0.15) is 0 Å². The molecule has 2 aromatic rings. The molecule has 7 nitrogen and oxygen atoms in total. The zero-order valence-corrected chi connectivity index (χ0v) is 19.7. The molecule has 2 amide bonds. The normalized spacial score (nSPS) is 19.2. The number of hydrogen-bond acceptors (Lipinski definition) is 5. The number of nitrogens with zero attached hydrogens (tertiary/aromatic N) is 2. The molecule has 0 aliphatic carbocycles. The van der Waals surface area contributed by atoms with Gasteiger partial charge in [0.15, 0.2) is 0 Å². The van der Waals surface area contributed by atoms with Crippen molar-refractivity contribution >= 4 is 29.3 Å². The monoisotopic (exact) mass is 468 g/mol. The Morgan fingerprint density at radius 2 is 1.88 bits per heavy atom. The van der Waals surface area contributed by atoms with Crippen LogP contribution in [0.5, 0.6) is 0 Å². The number of piperazine rings is 1. The topological polar surface area (TPSA) is 73.9 Å². The van der Waals surface area contributed by atoms with Crippen LogP contribution in [0.15, 0.2) is 59.8 Å². The van der Waals surface area contributed by atoms with Gasteiger partial charge in [0, 0.05) is 49.1 Å². The summed E-state index contributed by atoms with van der Waals surface area (Å²) in [6.07, 6.45) is 0. The number of aryl methyl sites for hydroxylation is 1. The summed E-state index contributed by atoms with van der Waals surface area (Å²) in [6.45, 7) is 7.95. The van der Waals surface area contributed by atoms with Crippen LogP contribution in [0.25, 0.3) is 0 Å². The van der Waals surface area contributed by atoms with Gasteiger partial charge < -0.3 is 20.3 Å². The fourth-order valence-electron chi connectivity index (χ4n) is 4.34. The minimum absolute atomic E-state index is 0.251. The van der Waals surface area contributed by atoms with Gasteiger partial charge in [0.25, 0.3) is 0 Å². The molecule has 0 spiro atoms. The summed E-state index contributed by atoms with van der Waals surface area (Å²) < 4.78 is 5.36. The molecule has 2 aliphatic rings. The molecule has 174 valence electrons. The smallest absolute Gasteiger partial charge is 0.338 e. The van der Waals surface area contributed by atoms with Gasteiger partial charge in [0.2, 0.25) is 0 Å². The molecule has 2 N–H and O–H groups in total. The van der Waals surface area contributed by atoms with Crippen molar-refractivity contribution in [2.75, 3.05) is 44.2 Å². The molecule has 1 unspecified atom stereocenters. The molecule has 1 fully saturated rings. The lowest BCUT2D eigenvalue weighted by Gasteiger charge is -2.38. The van der Waals surface area contributed by atoms with Crippen LogP contribution in [0.2, 0.25) is 5.02 Å². The average Bonchev–Trinajstić information content (AvgIpc) is 2.79. The number of esters is 1. The van der Waals surface area contributed by atoms with E-state index >= 15 is 0 Å². The van der Waals surface area contributed by atoms with Gasteiger partial charge in [0.1, 0.15) is 0 Å². The third kappa shape index (κ3) is 5.49. The van der Waals surface area contributed by atoms with Crippen molar-refractivity contribution in [1.29, 1.82) is 0 Å².